The Morgan fingerprint density at radius 3 is 2.88 bits per heavy atom. The first kappa shape index (κ1) is 10.4. The molecule has 0 aliphatic carbocycles. The predicted octanol–water partition coefficient (Wildman–Crippen LogP) is 2.15. The summed E-state index contributed by atoms with van der Waals surface area (Å²) in [6, 6.07) is 11.9. The number of ether oxygens (including phenoxy) is 1. The molecule has 2 aromatic rings. The lowest BCUT2D eigenvalue weighted by Crippen LogP contribution is -2.51. The lowest BCUT2D eigenvalue weighted by molar-refractivity contribution is 0.184. The van der Waals surface area contributed by atoms with Crippen LogP contribution in [0, 0.1) is 0 Å². The van der Waals surface area contributed by atoms with Crippen LogP contribution in [0.5, 0.6) is 5.75 Å². The van der Waals surface area contributed by atoms with E-state index in [0.29, 0.717) is 13.0 Å². The maximum atomic E-state index is 6.38. The molecule has 1 aliphatic heterocycles. The molecule has 2 N–H and O–H groups in total. The van der Waals surface area contributed by atoms with Crippen LogP contribution in [-0.4, -0.2) is 12.1 Å². The van der Waals surface area contributed by atoms with Gasteiger partial charge in [-0.15, -0.1) is 0 Å². The number of nitrogens with two attached hydrogens (primary N) is 1. The minimum Gasteiger partial charge on any atom is -0.491 e. The molecule has 1 aromatic carbocycles. The van der Waals surface area contributed by atoms with Crippen molar-refractivity contribution in [3.8, 4) is 5.75 Å². The van der Waals surface area contributed by atoms with E-state index in [4.69, 9.17) is 14.9 Å². The fourth-order valence-electron chi connectivity index (χ4n) is 2.32. The standard InChI is InChI=1S/C14H15NO2/c15-14(9-12-5-3-7-16-12)8-11-4-1-2-6-13(11)17-10-14/h1-7H,8-10,15H2. The van der Waals surface area contributed by atoms with Crippen molar-refractivity contribution >= 4 is 0 Å². The molecule has 0 bridgehead atoms. The largest absolute Gasteiger partial charge is 0.491 e. The van der Waals surface area contributed by atoms with E-state index in [1.54, 1.807) is 6.26 Å². The summed E-state index contributed by atoms with van der Waals surface area (Å²) >= 11 is 0. The number of para-hydroxylation sites is 1. The van der Waals surface area contributed by atoms with Crippen molar-refractivity contribution in [3.05, 3.63) is 54.0 Å². The van der Waals surface area contributed by atoms with E-state index in [9.17, 15) is 0 Å². The van der Waals surface area contributed by atoms with Gasteiger partial charge in [0.05, 0.1) is 11.8 Å². The molecule has 3 nitrogen and oxygen atoms in total. The van der Waals surface area contributed by atoms with E-state index in [1.165, 1.54) is 5.56 Å². The second-order valence-electron chi connectivity index (χ2n) is 4.69. The first-order valence-electron chi connectivity index (χ1n) is 5.77. The average molecular weight is 229 g/mol. The first-order valence-corrected chi connectivity index (χ1v) is 5.77. The van der Waals surface area contributed by atoms with E-state index in [2.05, 4.69) is 6.07 Å². The Labute approximate surface area is 100 Å². The number of hydrogen-bond donors (Lipinski definition) is 1. The molecule has 0 radical (unpaired) electrons. The van der Waals surface area contributed by atoms with Crippen molar-refractivity contribution in [2.45, 2.75) is 18.4 Å². The molecule has 0 saturated carbocycles. The van der Waals surface area contributed by atoms with Crippen LogP contribution < -0.4 is 10.5 Å². The van der Waals surface area contributed by atoms with Gasteiger partial charge in [0.15, 0.2) is 0 Å². The molecule has 88 valence electrons. The van der Waals surface area contributed by atoms with Crippen LogP contribution in [0.4, 0.5) is 0 Å². The summed E-state index contributed by atoms with van der Waals surface area (Å²) < 4.78 is 11.1. The topological polar surface area (TPSA) is 48.4 Å². The normalized spacial score (nSPS) is 22.9. The maximum Gasteiger partial charge on any atom is 0.122 e. The van der Waals surface area contributed by atoms with Gasteiger partial charge in [0, 0.05) is 6.42 Å². The summed E-state index contributed by atoms with van der Waals surface area (Å²) in [5.41, 5.74) is 7.19. The van der Waals surface area contributed by atoms with Crippen LogP contribution in [-0.2, 0) is 12.8 Å². The highest BCUT2D eigenvalue weighted by molar-refractivity contribution is 5.37. The fourth-order valence-corrected chi connectivity index (χ4v) is 2.32. The SMILES string of the molecule is NC1(Cc2ccco2)COc2ccccc2C1. The molecule has 0 spiro atoms. The first-order chi connectivity index (χ1) is 8.25. The van der Waals surface area contributed by atoms with Gasteiger partial charge in [-0.25, -0.2) is 0 Å². The van der Waals surface area contributed by atoms with E-state index >= 15 is 0 Å². The number of furan rings is 1. The van der Waals surface area contributed by atoms with Gasteiger partial charge in [-0.05, 0) is 30.2 Å². The summed E-state index contributed by atoms with van der Waals surface area (Å²) in [4.78, 5) is 0. The predicted molar refractivity (Wildman–Crippen MR) is 65.0 cm³/mol. The summed E-state index contributed by atoms with van der Waals surface area (Å²) in [7, 11) is 0. The van der Waals surface area contributed by atoms with E-state index in [0.717, 1.165) is 17.9 Å². The van der Waals surface area contributed by atoms with Crippen LogP contribution >= 0.6 is 0 Å². The van der Waals surface area contributed by atoms with Crippen molar-refractivity contribution in [2.24, 2.45) is 5.73 Å². The van der Waals surface area contributed by atoms with Crippen molar-refractivity contribution < 1.29 is 9.15 Å². The molecule has 3 heteroatoms. The molecule has 3 rings (SSSR count). The van der Waals surface area contributed by atoms with Crippen LogP contribution in [0.15, 0.2) is 47.1 Å². The third-order valence-corrected chi connectivity index (χ3v) is 3.14. The van der Waals surface area contributed by atoms with Gasteiger partial charge < -0.3 is 14.9 Å². The Morgan fingerprint density at radius 2 is 2.06 bits per heavy atom. The third kappa shape index (κ3) is 2.06. The van der Waals surface area contributed by atoms with Crippen molar-refractivity contribution in [1.82, 2.24) is 0 Å². The third-order valence-electron chi connectivity index (χ3n) is 3.14. The number of hydrogen-bond acceptors (Lipinski definition) is 3. The Balaban J connectivity index is 1.82. The van der Waals surface area contributed by atoms with Crippen molar-refractivity contribution in [1.29, 1.82) is 0 Å². The fraction of sp³-hybridized carbons (Fsp3) is 0.286. The number of benzene rings is 1. The van der Waals surface area contributed by atoms with Gasteiger partial charge in [0.1, 0.15) is 18.1 Å². The Bertz CT molecular complexity index is 507. The molecule has 1 atom stereocenters. The highest BCUT2D eigenvalue weighted by Crippen LogP contribution is 2.29. The lowest BCUT2D eigenvalue weighted by Gasteiger charge is -2.34. The molecular formula is C14H15NO2. The van der Waals surface area contributed by atoms with Gasteiger partial charge in [-0.3, -0.25) is 0 Å². The molecule has 2 heterocycles. The summed E-state index contributed by atoms with van der Waals surface area (Å²) in [6.45, 7) is 0.532. The summed E-state index contributed by atoms with van der Waals surface area (Å²) in [5.74, 6) is 1.86. The zero-order chi connectivity index (χ0) is 11.7. The minimum absolute atomic E-state index is 0.369. The second-order valence-corrected chi connectivity index (χ2v) is 4.69. The molecular weight excluding hydrogens is 214 g/mol. The molecule has 1 aromatic heterocycles. The molecule has 0 saturated heterocycles. The van der Waals surface area contributed by atoms with Crippen LogP contribution in [0.3, 0.4) is 0 Å². The highest BCUT2D eigenvalue weighted by atomic mass is 16.5. The highest BCUT2D eigenvalue weighted by Gasteiger charge is 2.32. The van der Waals surface area contributed by atoms with Gasteiger partial charge in [-0.1, -0.05) is 18.2 Å². The average Bonchev–Trinajstić information content (AvgIpc) is 2.81. The smallest absolute Gasteiger partial charge is 0.122 e. The summed E-state index contributed by atoms with van der Waals surface area (Å²) in [5, 5.41) is 0. The number of rotatable bonds is 2. The van der Waals surface area contributed by atoms with Gasteiger partial charge in [0.25, 0.3) is 0 Å². The monoisotopic (exact) mass is 229 g/mol. The lowest BCUT2D eigenvalue weighted by atomic mass is 9.86. The molecule has 0 amide bonds. The number of fused-ring (bicyclic) bond motifs is 1. The van der Waals surface area contributed by atoms with E-state index in [1.807, 2.05) is 30.3 Å². The maximum absolute atomic E-state index is 6.38. The van der Waals surface area contributed by atoms with Crippen LogP contribution in [0.2, 0.25) is 0 Å². The Morgan fingerprint density at radius 1 is 1.18 bits per heavy atom. The zero-order valence-corrected chi connectivity index (χ0v) is 9.56. The van der Waals surface area contributed by atoms with Crippen molar-refractivity contribution in [2.75, 3.05) is 6.61 Å². The van der Waals surface area contributed by atoms with Crippen LogP contribution in [0.1, 0.15) is 11.3 Å². The Hall–Kier alpha value is -1.74. The quantitative estimate of drug-likeness (QED) is 0.858. The Kier molecular flexibility index (Phi) is 2.41. The van der Waals surface area contributed by atoms with Gasteiger partial charge in [-0.2, -0.15) is 0 Å². The van der Waals surface area contributed by atoms with E-state index in [-0.39, 0.29) is 5.54 Å². The van der Waals surface area contributed by atoms with Gasteiger partial charge in [0.2, 0.25) is 0 Å². The second kappa shape index (κ2) is 3.93. The molecule has 17 heavy (non-hydrogen) atoms. The zero-order valence-electron chi connectivity index (χ0n) is 9.56. The minimum atomic E-state index is -0.369. The molecule has 0 fully saturated rings. The van der Waals surface area contributed by atoms with Crippen molar-refractivity contribution in [3.63, 3.8) is 0 Å². The van der Waals surface area contributed by atoms with Gasteiger partial charge >= 0.3 is 0 Å². The molecule has 1 unspecified atom stereocenters. The molecule has 1 aliphatic rings. The summed E-state index contributed by atoms with van der Waals surface area (Å²) in [6.07, 6.45) is 3.20. The van der Waals surface area contributed by atoms with E-state index < -0.39 is 0 Å². The van der Waals surface area contributed by atoms with Crippen LogP contribution in [0.25, 0.3) is 0 Å².